The number of aromatic nitrogens is 4. The Labute approximate surface area is 433 Å². The van der Waals surface area contributed by atoms with Gasteiger partial charge in [-0.15, -0.1) is 0 Å². The van der Waals surface area contributed by atoms with E-state index in [1.807, 2.05) is 91.0 Å². The zero-order valence-corrected chi connectivity index (χ0v) is 41.6. The highest BCUT2D eigenvalue weighted by molar-refractivity contribution is 6.23. The van der Waals surface area contributed by atoms with Crippen molar-refractivity contribution in [3.8, 4) is 52.1 Å². The van der Waals surface area contributed by atoms with Crippen LogP contribution in [0.25, 0.3) is 132 Å². The number of hydrogen-bond acceptors (Lipinski definition) is 6. The lowest BCUT2D eigenvalue weighted by Gasteiger charge is -2.27. The van der Waals surface area contributed by atoms with Gasteiger partial charge in [-0.1, -0.05) is 90.5 Å². The minimum absolute atomic E-state index is 0.328. The summed E-state index contributed by atoms with van der Waals surface area (Å²) in [5, 5.41) is 35.0. The molecule has 0 amide bonds. The quantitative estimate of drug-likeness (QED) is 0.157. The molecule has 5 aromatic heterocycles. The van der Waals surface area contributed by atoms with Crippen molar-refractivity contribution in [3.05, 3.63) is 199 Å². The van der Waals surface area contributed by atoms with Crippen LogP contribution in [-0.4, -0.2) is 39.6 Å². The average Bonchev–Trinajstić information content (AvgIpc) is 4.37. The Morgan fingerprint density at radius 2 is 0.724 bits per heavy atom. The Hall–Kier alpha value is -10.4. The number of fused-ring (bicyclic) bond motifs is 16. The number of nitrogens with zero attached hydrogens (tertiary/aromatic N) is 6. The van der Waals surface area contributed by atoms with E-state index in [2.05, 4.69) is 128 Å². The number of ether oxygens (including phenoxy) is 3. The number of methoxy groups -OCH3 is 3. The average molecular weight is 983 g/mol. The van der Waals surface area contributed by atoms with Gasteiger partial charge in [0.1, 0.15) is 46.1 Å². The summed E-state index contributed by atoms with van der Waals surface area (Å²) in [6.07, 6.45) is 0. The molecular formula is C66H42N6O4. The van der Waals surface area contributed by atoms with Gasteiger partial charge in [0.25, 0.3) is 0 Å². The first kappa shape index (κ1) is 43.2. The van der Waals surface area contributed by atoms with E-state index in [1.165, 1.54) is 0 Å². The standard InChI is InChI=1S/C66H42N6O4/c1-37-21-27-59-47(31-37)45-25-26-46-44-16-8-12-20-60(44)76-66(46)65(45)72(59)64-52(36-68)62(70-54-18-10-6-14-42(54)49-33-39(74-3)23-29-57(49)70)61(69-53-17-9-5-13-41(53)48-32-38(73-2)22-28-56(48)69)51(35-67)63(64)71-55-19-11-7-15-43(55)50-34-40(75-4)24-30-58(50)71/h5-34H,1-4H3. The second kappa shape index (κ2) is 16.0. The lowest BCUT2D eigenvalue weighted by Crippen LogP contribution is -2.16. The van der Waals surface area contributed by atoms with Gasteiger partial charge >= 0.3 is 0 Å². The van der Waals surface area contributed by atoms with E-state index in [9.17, 15) is 10.5 Å². The van der Waals surface area contributed by atoms with Crippen molar-refractivity contribution in [1.82, 2.24) is 18.3 Å². The van der Waals surface area contributed by atoms with Crippen LogP contribution in [0, 0.1) is 29.6 Å². The van der Waals surface area contributed by atoms with Gasteiger partial charge < -0.3 is 36.9 Å². The van der Waals surface area contributed by atoms with Gasteiger partial charge in [-0.25, -0.2) is 0 Å². The zero-order chi connectivity index (χ0) is 51.1. The van der Waals surface area contributed by atoms with Crippen molar-refractivity contribution in [2.45, 2.75) is 6.92 Å². The van der Waals surface area contributed by atoms with Gasteiger partial charge in [-0.05, 0) is 104 Å². The molecule has 0 aliphatic carbocycles. The van der Waals surface area contributed by atoms with Gasteiger partial charge in [-0.2, -0.15) is 10.5 Å². The topological polar surface area (TPSA) is 108 Å². The lowest BCUT2D eigenvalue weighted by molar-refractivity contribution is 0.415. The number of para-hydroxylation sites is 4. The SMILES string of the molecule is COc1ccc2c(c1)c1ccccc1n2-c1c(C#N)c(-n2c3ccccc3c3cc(OC)ccc32)c(-n2c3ccc(C)cc3c3ccc4c5ccccc5oc4c32)c(C#N)c1-n1c2ccccc2c2cc(OC)ccc21. The van der Waals surface area contributed by atoms with E-state index in [-0.39, 0.29) is 0 Å². The molecule has 0 aliphatic heterocycles. The van der Waals surface area contributed by atoms with Gasteiger partial charge in [-0.3, -0.25) is 0 Å². The molecule has 10 aromatic carbocycles. The van der Waals surface area contributed by atoms with Crippen LogP contribution in [0.4, 0.5) is 0 Å². The molecule has 0 spiro atoms. The Bertz CT molecular complexity index is 5130. The third kappa shape index (κ3) is 5.72. The zero-order valence-electron chi connectivity index (χ0n) is 41.6. The Balaban J connectivity index is 1.28. The maximum absolute atomic E-state index is 12.8. The maximum Gasteiger partial charge on any atom is 0.160 e. The van der Waals surface area contributed by atoms with Gasteiger partial charge in [0.15, 0.2) is 5.58 Å². The van der Waals surface area contributed by atoms with Crippen LogP contribution in [-0.2, 0) is 0 Å². The van der Waals surface area contributed by atoms with Crippen molar-refractivity contribution < 1.29 is 18.6 Å². The van der Waals surface area contributed by atoms with E-state index in [0.29, 0.717) is 56.7 Å². The lowest BCUT2D eigenvalue weighted by atomic mass is 9.98. The molecule has 0 saturated carbocycles. The van der Waals surface area contributed by atoms with Crippen LogP contribution in [0.3, 0.4) is 0 Å². The van der Waals surface area contributed by atoms with Crippen LogP contribution >= 0.6 is 0 Å². The molecule has 0 fully saturated rings. The summed E-state index contributed by atoms with van der Waals surface area (Å²) in [5.41, 5.74) is 11.8. The Kier molecular flexibility index (Phi) is 9.11. The largest absolute Gasteiger partial charge is 0.497 e. The number of nitriles is 2. The summed E-state index contributed by atoms with van der Waals surface area (Å²) < 4.78 is 33.4. The normalized spacial score (nSPS) is 11.9. The number of furan rings is 1. The van der Waals surface area contributed by atoms with Crippen molar-refractivity contribution in [2.24, 2.45) is 0 Å². The van der Waals surface area contributed by atoms with Gasteiger partial charge in [0.2, 0.25) is 0 Å². The highest BCUT2D eigenvalue weighted by atomic mass is 16.5. The number of benzene rings is 10. The fourth-order valence-corrected chi connectivity index (χ4v) is 12.4. The van der Waals surface area contributed by atoms with Crippen molar-refractivity contribution in [1.29, 1.82) is 10.5 Å². The summed E-state index contributed by atoms with van der Waals surface area (Å²) in [6, 6.07) is 67.6. The van der Waals surface area contributed by atoms with E-state index in [4.69, 9.17) is 18.6 Å². The van der Waals surface area contributed by atoms with Crippen molar-refractivity contribution in [3.63, 3.8) is 0 Å². The van der Waals surface area contributed by atoms with Gasteiger partial charge in [0, 0.05) is 53.9 Å². The summed E-state index contributed by atoms with van der Waals surface area (Å²) in [6.45, 7) is 2.10. The highest BCUT2D eigenvalue weighted by Gasteiger charge is 2.35. The molecule has 15 rings (SSSR count). The minimum Gasteiger partial charge on any atom is -0.497 e. The smallest absolute Gasteiger partial charge is 0.160 e. The van der Waals surface area contributed by atoms with E-state index in [1.54, 1.807) is 21.3 Å². The number of aryl methyl sites for hydroxylation is 1. The molecule has 5 heterocycles. The predicted molar refractivity (Wildman–Crippen MR) is 305 cm³/mol. The molecule has 10 heteroatoms. The first-order chi connectivity index (χ1) is 37.4. The van der Waals surface area contributed by atoms with Crippen LogP contribution in [0.15, 0.2) is 186 Å². The number of rotatable bonds is 7. The maximum atomic E-state index is 12.8. The monoisotopic (exact) mass is 982 g/mol. The fraction of sp³-hybridized carbons (Fsp3) is 0.0606. The van der Waals surface area contributed by atoms with Crippen molar-refractivity contribution in [2.75, 3.05) is 21.3 Å². The third-order valence-electron chi connectivity index (χ3n) is 15.6. The summed E-state index contributed by atoms with van der Waals surface area (Å²) in [7, 11) is 5.01. The predicted octanol–water partition coefficient (Wildman–Crippen LogP) is 16.1. The minimum atomic E-state index is 0.328. The fourth-order valence-electron chi connectivity index (χ4n) is 12.4. The molecular weight excluding hydrogens is 941 g/mol. The van der Waals surface area contributed by atoms with Crippen LogP contribution in [0.2, 0.25) is 0 Å². The van der Waals surface area contributed by atoms with Crippen LogP contribution in [0.1, 0.15) is 16.7 Å². The summed E-state index contributed by atoms with van der Waals surface area (Å²) >= 11 is 0. The summed E-state index contributed by atoms with van der Waals surface area (Å²) in [5.74, 6) is 2.08. The second-order valence-corrected chi connectivity index (χ2v) is 19.4. The molecule has 360 valence electrons. The molecule has 0 bridgehead atoms. The molecule has 0 atom stereocenters. The molecule has 0 saturated heterocycles. The summed E-state index contributed by atoms with van der Waals surface area (Å²) in [4.78, 5) is 0. The van der Waals surface area contributed by atoms with E-state index >= 15 is 0 Å². The molecule has 10 nitrogen and oxygen atoms in total. The first-order valence-electron chi connectivity index (χ1n) is 25.0. The molecule has 0 radical (unpaired) electrons. The highest BCUT2D eigenvalue weighted by Crippen LogP contribution is 2.50. The Morgan fingerprint density at radius 3 is 1.18 bits per heavy atom. The van der Waals surface area contributed by atoms with Gasteiger partial charge in [0.05, 0.1) is 88.2 Å². The molecule has 0 unspecified atom stereocenters. The second-order valence-electron chi connectivity index (χ2n) is 19.4. The molecule has 15 aromatic rings. The van der Waals surface area contributed by atoms with Crippen LogP contribution in [0.5, 0.6) is 17.2 Å². The first-order valence-corrected chi connectivity index (χ1v) is 25.0. The Morgan fingerprint density at radius 1 is 0.355 bits per heavy atom. The molecule has 76 heavy (non-hydrogen) atoms. The van der Waals surface area contributed by atoms with E-state index in [0.717, 1.165) is 109 Å². The van der Waals surface area contributed by atoms with Crippen molar-refractivity contribution >= 4 is 109 Å². The molecule has 0 aliphatic rings. The van der Waals surface area contributed by atoms with Crippen LogP contribution < -0.4 is 14.2 Å². The van der Waals surface area contributed by atoms with E-state index < -0.39 is 0 Å². The number of hydrogen-bond donors (Lipinski definition) is 0. The third-order valence-corrected chi connectivity index (χ3v) is 15.6. The molecule has 0 N–H and O–H groups in total.